The Morgan fingerprint density at radius 2 is 1.72 bits per heavy atom. The van der Waals surface area contributed by atoms with Gasteiger partial charge in [0.2, 0.25) is 0 Å². The van der Waals surface area contributed by atoms with Crippen LogP contribution in [0.4, 0.5) is 0 Å². The molecule has 2 heteroatoms. The summed E-state index contributed by atoms with van der Waals surface area (Å²) in [5, 5.41) is 1.28. The molecule has 3 rings (SSSR count). The first kappa shape index (κ1) is 11.7. The van der Waals surface area contributed by atoms with Gasteiger partial charge in [0.05, 0.1) is 0 Å². The fourth-order valence-electron chi connectivity index (χ4n) is 1.97. The molecule has 0 aliphatic carbocycles. The van der Waals surface area contributed by atoms with Crippen LogP contribution in [0.3, 0.4) is 0 Å². The van der Waals surface area contributed by atoms with Crippen LogP contribution >= 0.6 is 27.3 Å². The Bertz CT molecular complexity index is 708. The second-order valence-electron chi connectivity index (χ2n) is 4.07. The van der Waals surface area contributed by atoms with E-state index in [1.54, 1.807) is 0 Å². The monoisotopic (exact) mass is 314 g/mol. The first-order valence-corrected chi connectivity index (χ1v) is 7.30. The molecule has 1 heterocycles. The summed E-state index contributed by atoms with van der Waals surface area (Å²) in [5.41, 5.74) is 2.39. The molecule has 18 heavy (non-hydrogen) atoms. The Hall–Kier alpha value is -1.38. The number of benzene rings is 2. The van der Waals surface area contributed by atoms with Crippen molar-refractivity contribution in [1.29, 1.82) is 0 Å². The SMILES string of the molecule is C=Cc1ccc(-c2sc3ccccc3c2Br)cc1. The summed E-state index contributed by atoms with van der Waals surface area (Å²) in [6.07, 6.45) is 1.86. The molecule has 0 radical (unpaired) electrons. The van der Waals surface area contributed by atoms with Gasteiger partial charge < -0.3 is 0 Å². The van der Waals surface area contributed by atoms with Gasteiger partial charge in [-0.05, 0) is 33.1 Å². The Morgan fingerprint density at radius 1 is 1.00 bits per heavy atom. The van der Waals surface area contributed by atoms with Gasteiger partial charge in [-0.1, -0.05) is 55.1 Å². The van der Waals surface area contributed by atoms with Crippen molar-refractivity contribution in [3.8, 4) is 10.4 Å². The Labute approximate surface area is 119 Å². The molecule has 0 aliphatic heterocycles. The number of fused-ring (bicyclic) bond motifs is 1. The Morgan fingerprint density at radius 3 is 2.39 bits per heavy atom. The highest BCUT2D eigenvalue weighted by atomic mass is 79.9. The van der Waals surface area contributed by atoms with Gasteiger partial charge in [-0.3, -0.25) is 0 Å². The standard InChI is InChI=1S/C16H11BrS/c1-2-11-7-9-12(10-8-11)16-15(17)13-5-3-4-6-14(13)18-16/h2-10H,1H2. The molecule has 2 aromatic carbocycles. The molecule has 88 valence electrons. The van der Waals surface area contributed by atoms with Crippen molar-refractivity contribution in [2.24, 2.45) is 0 Å². The number of hydrogen-bond donors (Lipinski definition) is 0. The van der Waals surface area contributed by atoms with Gasteiger partial charge in [0.1, 0.15) is 0 Å². The minimum absolute atomic E-state index is 1.15. The maximum Gasteiger partial charge on any atom is 0.0497 e. The normalized spacial score (nSPS) is 10.7. The van der Waals surface area contributed by atoms with Crippen molar-refractivity contribution in [1.82, 2.24) is 0 Å². The summed E-state index contributed by atoms with van der Waals surface area (Å²) in [4.78, 5) is 1.28. The van der Waals surface area contributed by atoms with E-state index < -0.39 is 0 Å². The van der Waals surface area contributed by atoms with Crippen LogP contribution in [0, 0.1) is 0 Å². The van der Waals surface area contributed by atoms with Crippen molar-refractivity contribution < 1.29 is 0 Å². The largest absolute Gasteiger partial charge is 0.134 e. The third-order valence-electron chi connectivity index (χ3n) is 2.94. The van der Waals surface area contributed by atoms with Gasteiger partial charge in [-0.15, -0.1) is 11.3 Å². The maximum absolute atomic E-state index is 3.78. The van der Waals surface area contributed by atoms with E-state index in [0.29, 0.717) is 0 Å². The zero-order valence-electron chi connectivity index (χ0n) is 9.69. The molecule has 0 spiro atoms. The molecule has 0 atom stereocenters. The zero-order chi connectivity index (χ0) is 12.5. The summed E-state index contributed by atoms with van der Waals surface area (Å²) < 4.78 is 2.50. The van der Waals surface area contributed by atoms with Crippen molar-refractivity contribution in [3.63, 3.8) is 0 Å². The summed E-state index contributed by atoms with van der Waals surface area (Å²) in [6, 6.07) is 16.9. The first-order valence-electron chi connectivity index (χ1n) is 5.69. The van der Waals surface area contributed by atoms with Crippen LogP contribution in [0.1, 0.15) is 5.56 Å². The lowest BCUT2D eigenvalue weighted by Crippen LogP contribution is -1.75. The van der Waals surface area contributed by atoms with Gasteiger partial charge in [0.15, 0.2) is 0 Å². The quantitative estimate of drug-likeness (QED) is 0.546. The highest BCUT2D eigenvalue weighted by molar-refractivity contribution is 9.10. The number of rotatable bonds is 2. The van der Waals surface area contributed by atoms with E-state index in [2.05, 4.69) is 71.0 Å². The predicted octanol–water partition coefficient (Wildman–Crippen LogP) is 5.97. The molecular weight excluding hydrogens is 304 g/mol. The van der Waals surface area contributed by atoms with Gasteiger partial charge in [0, 0.05) is 19.4 Å². The minimum Gasteiger partial charge on any atom is -0.134 e. The molecule has 0 aliphatic rings. The van der Waals surface area contributed by atoms with Crippen LogP contribution in [0.15, 0.2) is 59.6 Å². The van der Waals surface area contributed by atoms with Gasteiger partial charge >= 0.3 is 0 Å². The fraction of sp³-hybridized carbons (Fsp3) is 0. The molecule has 0 nitrogen and oxygen atoms in total. The lowest BCUT2D eigenvalue weighted by molar-refractivity contribution is 1.65. The Balaban J connectivity index is 2.18. The zero-order valence-corrected chi connectivity index (χ0v) is 12.1. The van der Waals surface area contributed by atoms with Gasteiger partial charge in [-0.25, -0.2) is 0 Å². The van der Waals surface area contributed by atoms with E-state index in [1.165, 1.54) is 25.0 Å². The summed E-state index contributed by atoms with van der Waals surface area (Å²) >= 11 is 5.53. The van der Waals surface area contributed by atoms with Crippen LogP contribution in [-0.2, 0) is 0 Å². The second kappa shape index (κ2) is 4.71. The molecule has 1 aromatic heterocycles. The van der Waals surface area contributed by atoms with Crippen LogP contribution < -0.4 is 0 Å². The molecule has 0 N–H and O–H groups in total. The van der Waals surface area contributed by atoms with Crippen LogP contribution in [0.5, 0.6) is 0 Å². The number of halogens is 1. The number of thiophene rings is 1. The molecule has 3 aromatic rings. The smallest absolute Gasteiger partial charge is 0.0497 e. The Kier molecular flexibility index (Phi) is 3.06. The van der Waals surface area contributed by atoms with E-state index in [4.69, 9.17) is 0 Å². The van der Waals surface area contributed by atoms with E-state index in [-0.39, 0.29) is 0 Å². The summed E-state index contributed by atoms with van der Waals surface area (Å²) in [5.74, 6) is 0. The predicted molar refractivity (Wildman–Crippen MR) is 85.1 cm³/mol. The molecule has 0 saturated heterocycles. The van der Waals surface area contributed by atoms with Crippen LogP contribution in [-0.4, -0.2) is 0 Å². The molecule has 0 saturated carbocycles. The third-order valence-corrected chi connectivity index (χ3v) is 5.25. The first-order chi connectivity index (χ1) is 8.79. The van der Waals surface area contributed by atoms with E-state index in [9.17, 15) is 0 Å². The third kappa shape index (κ3) is 1.92. The van der Waals surface area contributed by atoms with E-state index >= 15 is 0 Å². The lowest BCUT2D eigenvalue weighted by Gasteiger charge is -1.99. The van der Waals surface area contributed by atoms with Crippen molar-refractivity contribution in [2.75, 3.05) is 0 Å². The second-order valence-corrected chi connectivity index (χ2v) is 5.91. The van der Waals surface area contributed by atoms with Gasteiger partial charge in [-0.2, -0.15) is 0 Å². The van der Waals surface area contributed by atoms with Crippen molar-refractivity contribution in [2.45, 2.75) is 0 Å². The lowest BCUT2D eigenvalue weighted by atomic mass is 10.1. The number of hydrogen-bond acceptors (Lipinski definition) is 1. The van der Waals surface area contributed by atoms with Crippen molar-refractivity contribution >= 4 is 43.4 Å². The molecule has 0 fully saturated rings. The molecular formula is C16H11BrS. The van der Waals surface area contributed by atoms with E-state index in [0.717, 1.165) is 5.56 Å². The molecule has 0 unspecified atom stereocenters. The highest BCUT2D eigenvalue weighted by Gasteiger charge is 2.10. The van der Waals surface area contributed by atoms with Gasteiger partial charge in [0.25, 0.3) is 0 Å². The minimum atomic E-state index is 1.15. The maximum atomic E-state index is 3.78. The highest BCUT2D eigenvalue weighted by Crippen LogP contribution is 2.41. The van der Waals surface area contributed by atoms with Crippen LogP contribution in [0.2, 0.25) is 0 Å². The summed E-state index contributed by atoms with van der Waals surface area (Å²) in [7, 11) is 0. The fourth-order valence-corrected chi connectivity index (χ4v) is 4.02. The average Bonchev–Trinajstić information content (AvgIpc) is 2.77. The topological polar surface area (TPSA) is 0 Å². The average molecular weight is 315 g/mol. The summed E-state index contributed by atoms with van der Waals surface area (Å²) in [6.45, 7) is 3.78. The van der Waals surface area contributed by atoms with Crippen LogP contribution in [0.25, 0.3) is 26.6 Å². The van der Waals surface area contributed by atoms with E-state index in [1.807, 2.05) is 17.4 Å². The molecule has 0 amide bonds. The molecule has 0 bridgehead atoms. The van der Waals surface area contributed by atoms with Crippen molar-refractivity contribution in [3.05, 3.63) is 65.1 Å².